The highest BCUT2D eigenvalue weighted by atomic mass is 16.2. The summed E-state index contributed by atoms with van der Waals surface area (Å²) in [6, 6.07) is 9.67. The Bertz CT molecular complexity index is 608. The number of carbonyl (C=O) groups is 1. The van der Waals surface area contributed by atoms with Crippen molar-refractivity contribution in [2.24, 2.45) is 5.73 Å². The first-order chi connectivity index (χ1) is 10.2. The summed E-state index contributed by atoms with van der Waals surface area (Å²) in [5.74, 6) is -0.0199. The molecule has 0 bridgehead atoms. The first-order valence-electron chi connectivity index (χ1n) is 7.18. The summed E-state index contributed by atoms with van der Waals surface area (Å²) in [6.45, 7) is 5.17. The molecule has 0 radical (unpaired) electrons. The Morgan fingerprint density at radius 1 is 1.24 bits per heavy atom. The van der Waals surface area contributed by atoms with E-state index >= 15 is 0 Å². The fourth-order valence-corrected chi connectivity index (χ4v) is 2.21. The monoisotopic (exact) mass is 283 g/mol. The lowest BCUT2D eigenvalue weighted by molar-refractivity contribution is 0.0986. The highest BCUT2D eigenvalue weighted by molar-refractivity contribution is 6.06. The average Bonchev–Trinajstić information content (AvgIpc) is 2.52. The van der Waals surface area contributed by atoms with Gasteiger partial charge in [0.1, 0.15) is 0 Å². The van der Waals surface area contributed by atoms with Crippen molar-refractivity contribution < 1.29 is 4.79 Å². The van der Waals surface area contributed by atoms with Gasteiger partial charge < -0.3 is 10.6 Å². The molecule has 0 saturated heterocycles. The third-order valence-corrected chi connectivity index (χ3v) is 3.30. The van der Waals surface area contributed by atoms with Crippen molar-refractivity contribution >= 4 is 11.6 Å². The van der Waals surface area contributed by atoms with E-state index in [0.717, 1.165) is 23.2 Å². The number of carbonyl (C=O) groups excluding carboxylic acids is 1. The second-order valence-corrected chi connectivity index (χ2v) is 5.08. The zero-order chi connectivity index (χ0) is 15.2. The number of nitrogens with zero attached hydrogens (tertiary/aromatic N) is 2. The summed E-state index contributed by atoms with van der Waals surface area (Å²) in [5.41, 5.74) is 9.16. The molecule has 0 unspecified atom stereocenters. The summed E-state index contributed by atoms with van der Waals surface area (Å²) in [6.07, 6.45) is 4.26. The van der Waals surface area contributed by atoms with E-state index in [1.165, 1.54) is 0 Å². The largest absolute Gasteiger partial charge is 0.326 e. The SMILES string of the molecule is CCCN(C(=O)c1cncc(C)c1)c1ccc(CN)cc1. The Balaban J connectivity index is 2.31. The summed E-state index contributed by atoms with van der Waals surface area (Å²) < 4.78 is 0. The van der Waals surface area contributed by atoms with Gasteiger partial charge in [0, 0.05) is 31.2 Å². The van der Waals surface area contributed by atoms with Crippen LogP contribution in [0, 0.1) is 6.92 Å². The number of amides is 1. The maximum atomic E-state index is 12.7. The van der Waals surface area contributed by atoms with Gasteiger partial charge >= 0.3 is 0 Å². The third kappa shape index (κ3) is 3.67. The number of aromatic nitrogens is 1. The quantitative estimate of drug-likeness (QED) is 0.918. The van der Waals surface area contributed by atoms with Gasteiger partial charge in [-0.3, -0.25) is 9.78 Å². The van der Waals surface area contributed by atoms with Crippen molar-refractivity contribution in [2.75, 3.05) is 11.4 Å². The van der Waals surface area contributed by atoms with Gasteiger partial charge in [0.15, 0.2) is 0 Å². The molecule has 2 rings (SSSR count). The molecule has 0 aliphatic heterocycles. The first-order valence-corrected chi connectivity index (χ1v) is 7.18. The van der Waals surface area contributed by atoms with E-state index in [1.54, 1.807) is 17.3 Å². The first kappa shape index (κ1) is 15.2. The topological polar surface area (TPSA) is 59.2 Å². The highest BCUT2D eigenvalue weighted by Gasteiger charge is 2.17. The molecule has 2 N–H and O–H groups in total. The molecule has 0 fully saturated rings. The molecular formula is C17H21N3O. The molecule has 1 aromatic heterocycles. The Hall–Kier alpha value is -2.20. The van der Waals surface area contributed by atoms with Crippen molar-refractivity contribution in [2.45, 2.75) is 26.8 Å². The molecule has 1 aromatic carbocycles. The predicted octanol–water partition coefficient (Wildman–Crippen LogP) is 2.91. The van der Waals surface area contributed by atoms with Crippen molar-refractivity contribution in [1.82, 2.24) is 4.98 Å². The summed E-state index contributed by atoms with van der Waals surface area (Å²) in [7, 11) is 0. The summed E-state index contributed by atoms with van der Waals surface area (Å²) >= 11 is 0. The van der Waals surface area contributed by atoms with Gasteiger partial charge in [-0.25, -0.2) is 0 Å². The van der Waals surface area contributed by atoms with Crippen molar-refractivity contribution in [3.05, 3.63) is 59.4 Å². The molecule has 4 nitrogen and oxygen atoms in total. The molecule has 21 heavy (non-hydrogen) atoms. The number of benzene rings is 1. The molecule has 0 aliphatic carbocycles. The molecular weight excluding hydrogens is 262 g/mol. The van der Waals surface area contributed by atoms with Crippen LogP contribution in [0.4, 0.5) is 5.69 Å². The molecule has 110 valence electrons. The second-order valence-electron chi connectivity index (χ2n) is 5.08. The molecule has 1 heterocycles. The number of rotatable bonds is 5. The number of anilines is 1. The van der Waals surface area contributed by atoms with E-state index in [1.807, 2.05) is 37.3 Å². The maximum absolute atomic E-state index is 12.7. The van der Waals surface area contributed by atoms with E-state index in [0.29, 0.717) is 18.7 Å². The van der Waals surface area contributed by atoms with Gasteiger partial charge in [0.05, 0.1) is 5.56 Å². The molecule has 0 atom stereocenters. The fourth-order valence-electron chi connectivity index (χ4n) is 2.21. The fraction of sp³-hybridized carbons (Fsp3) is 0.294. The van der Waals surface area contributed by atoms with Gasteiger partial charge in [0.2, 0.25) is 0 Å². The molecule has 2 aromatic rings. The van der Waals surface area contributed by atoms with Crippen LogP contribution in [0.5, 0.6) is 0 Å². The van der Waals surface area contributed by atoms with Crippen LogP contribution in [0.1, 0.15) is 34.8 Å². The van der Waals surface area contributed by atoms with Crippen LogP contribution >= 0.6 is 0 Å². The van der Waals surface area contributed by atoms with Gasteiger partial charge in [-0.1, -0.05) is 19.1 Å². The van der Waals surface area contributed by atoms with Gasteiger partial charge in [-0.05, 0) is 42.7 Å². The molecule has 0 aliphatic rings. The van der Waals surface area contributed by atoms with Gasteiger partial charge in [0.25, 0.3) is 5.91 Å². The number of aryl methyl sites for hydroxylation is 1. The van der Waals surface area contributed by atoms with Crippen LogP contribution in [-0.2, 0) is 6.54 Å². The van der Waals surface area contributed by atoms with Crippen LogP contribution in [-0.4, -0.2) is 17.4 Å². The Morgan fingerprint density at radius 3 is 2.52 bits per heavy atom. The van der Waals surface area contributed by atoms with E-state index in [2.05, 4.69) is 11.9 Å². The van der Waals surface area contributed by atoms with Gasteiger partial charge in [-0.15, -0.1) is 0 Å². The standard InChI is InChI=1S/C17H21N3O/c1-3-8-20(16-6-4-14(10-18)5-7-16)17(21)15-9-13(2)11-19-12-15/h4-7,9,11-12H,3,8,10,18H2,1-2H3. The number of hydrogen-bond acceptors (Lipinski definition) is 3. The number of pyridine rings is 1. The second kappa shape index (κ2) is 6.99. The van der Waals surface area contributed by atoms with E-state index in [-0.39, 0.29) is 5.91 Å². The van der Waals surface area contributed by atoms with Crippen LogP contribution in [0.2, 0.25) is 0 Å². The predicted molar refractivity (Wildman–Crippen MR) is 85.3 cm³/mol. The Kier molecular flexibility index (Phi) is 5.06. The lowest BCUT2D eigenvalue weighted by Gasteiger charge is -2.22. The minimum atomic E-state index is -0.0199. The smallest absolute Gasteiger partial charge is 0.259 e. The molecule has 1 amide bonds. The average molecular weight is 283 g/mol. The Morgan fingerprint density at radius 2 is 1.95 bits per heavy atom. The molecule has 0 saturated carbocycles. The van der Waals surface area contributed by atoms with Crippen molar-refractivity contribution in [3.8, 4) is 0 Å². The minimum absolute atomic E-state index is 0.0199. The maximum Gasteiger partial charge on any atom is 0.259 e. The molecule has 4 heteroatoms. The van der Waals surface area contributed by atoms with E-state index in [4.69, 9.17) is 5.73 Å². The molecule has 0 spiro atoms. The number of nitrogens with two attached hydrogens (primary N) is 1. The lowest BCUT2D eigenvalue weighted by Crippen LogP contribution is -2.31. The van der Waals surface area contributed by atoms with Gasteiger partial charge in [-0.2, -0.15) is 0 Å². The Labute approximate surface area is 125 Å². The van der Waals surface area contributed by atoms with Crippen LogP contribution in [0.3, 0.4) is 0 Å². The van der Waals surface area contributed by atoms with Crippen molar-refractivity contribution in [3.63, 3.8) is 0 Å². The highest BCUT2D eigenvalue weighted by Crippen LogP contribution is 2.19. The summed E-state index contributed by atoms with van der Waals surface area (Å²) in [4.78, 5) is 18.6. The van der Waals surface area contributed by atoms with Crippen LogP contribution in [0.25, 0.3) is 0 Å². The zero-order valence-electron chi connectivity index (χ0n) is 12.5. The zero-order valence-corrected chi connectivity index (χ0v) is 12.5. The third-order valence-electron chi connectivity index (χ3n) is 3.30. The van der Waals surface area contributed by atoms with E-state index < -0.39 is 0 Å². The van der Waals surface area contributed by atoms with Crippen LogP contribution in [0.15, 0.2) is 42.7 Å². The lowest BCUT2D eigenvalue weighted by atomic mass is 10.1. The summed E-state index contributed by atoms with van der Waals surface area (Å²) in [5, 5.41) is 0. The normalized spacial score (nSPS) is 10.4. The van der Waals surface area contributed by atoms with E-state index in [9.17, 15) is 4.79 Å². The number of hydrogen-bond donors (Lipinski definition) is 1. The van der Waals surface area contributed by atoms with Crippen molar-refractivity contribution in [1.29, 1.82) is 0 Å². The van der Waals surface area contributed by atoms with Crippen LogP contribution < -0.4 is 10.6 Å². The minimum Gasteiger partial charge on any atom is -0.326 e.